The van der Waals surface area contributed by atoms with Crippen LogP contribution < -0.4 is 0 Å². The van der Waals surface area contributed by atoms with Crippen LogP contribution in [-0.2, 0) is 24.4 Å². The third kappa shape index (κ3) is 3.65. The third-order valence-corrected chi connectivity index (χ3v) is 6.97. The Morgan fingerprint density at radius 2 is 1.77 bits per heavy atom. The Balaban J connectivity index is 1.37. The Hall–Kier alpha value is -2.59. The minimum atomic E-state index is 0.329. The molecule has 0 aliphatic carbocycles. The molecule has 0 saturated carbocycles. The van der Waals surface area contributed by atoms with Crippen LogP contribution in [0.1, 0.15) is 37.3 Å². The molecule has 0 bridgehead atoms. The summed E-state index contributed by atoms with van der Waals surface area (Å²) in [4.78, 5) is 17.7. The number of fused-ring (bicyclic) bond motifs is 2. The van der Waals surface area contributed by atoms with E-state index < -0.39 is 0 Å². The molecule has 5 rings (SSSR count). The molecule has 2 aromatic carbocycles. The summed E-state index contributed by atoms with van der Waals surface area (Å²) in [6, 6.07) is 19.5. The lowest BCUT2D eigenvalue weighted by Crippen LogP contribution is -2.42. The van der Waals surface area contributed by atoms with Gasteiger partial charge in [0.15, 0.2) is 0 Å². The number of hydrogen-bond acceptors (Lipinski definition) is 2. The van der Waals surface area contributed by atoms with Crippen molar-refractivity contribution in [2.75, 3.05) is 13.1 Å². The average molecular weight is 402 g/mol. The molecule has 0 N–H and O–H groups in total. The Morgan fingerprint density at radius 1 is 0.967 bits per heavy atom. The van der Waals surface area contributed by atoms with Crippen LogP contribution in [0.2, 0.25) is 0 Å². The highest BCUT2D eigenvalue weighted by Gasteiger charge is 2.40. The van der Waals surface area contributed by atoms with Crippen LogP contribution >= 0.6 is 0 Å². The highest BCUT2D eigenvalue weighted by molar-refractivity contribution is 5.84. The minimum Gasteiger partial charge on any atom is -0.347 e. The maximum Gasteiger partial charge on any atom is 0.223 e. The van der Waals surface area contributed by atoms with Crippen molar-refractivity contribution in [1.82, 2.24) is 14.4 Å². The van der Waals surface area contributed by atoms with Gasteiger partial charge >= 0.3 is 0 Å². The number of likely N-dealkylation sites (tertiary alicyclic amines) is 2. The molecule has 30 heavy (non-hydrogen) atoms. The summed E-state index contributed by atoms with van der Waals surface area (Å²) < 4.78 is 2.35. The minimum absolute atomic E-state index is 0.329. The molecule has 4 heteroatoms. The summed E-state index contributed by atoms with van der Waals surface area (Å²) in [6.07, 6.45) is 5.21. The molecule has 1 aromatic heterocycles. The zero-order chi connectivity index (χ0) is 20.5. The first-order chi connectivity index (χ1) is 14.7. The van der Waals surface area contributed by atoms with Gasteiger partial charge in [0.1, 0.15) is 0 Å². The Morgan fingerprint density at radius 3 is 2.60 bits per heavy atom. The van der Waals surface area contributed by atoms with E-state index in [-0.39, 0.29) is 0 Å². The molecule has 2 aliphatic heterocycles. The van der Waals surface area contributed by atoms with Gasteiger partial charge in [-0.3, -0.25) is 9.69 Å². The zero-order valence-electron chi connectivity index (χ0n) is 17.8. The standard InChI is InChI=1S/C26H31N3O/c1-2-28-18-22(23-12-6-7-13-24(23)28)17-27-16-21-11-8-14-26(30)29(25(21)19-27)15-20-9-4-3-5-10-20/h3-7,9-10,12-13,18,21,25H,2,8,11,14-17,19H2,1H3. The van der Waals surface area contributed by atoms with Crippen molar-refractivity contribution in [1.29, 1.82) is 0 Å². The Bertz CT molecular complexity index is 1030. The second-order valence-electron chi connectivity index (χ2n) is 8.88. The van der Waals surface area contributed by atoms with E-state index in [1.165, 1.54) is 22.0 Å². The van der Waals surface area contributed by atoms with Crippen molar-refractivity contribution in [3.8, 4) is 0 Å². The van der Waals surface area contributed by atoms with Gasteiger partial charge in [-0.25, -0.2) is 0 Å². The molecule has 4 nitrogen and oxygen atoms in total. The molecule has 3 heterocycles. The van der Waals surface area contributed by atoms with Gasteiger partial charge in [-0.15, -0.1) is 0 Å². The van der Waals surface area contributed by atoms with Crippen LogP contribution in [0.4, 0.5) is 0 Å². The van der Waals surface area contributed by atoms with Crippen LogP contribution in [0.25, 0.3) is 10.9 Å². The lowest BCUT2D eigenvalue weighted by molar-refractivity contribution is -0.133. The van der Waals surface area contributed by atoms with Crippen LogP contribution in [0.5, 0.6) is 0 Å². The normalized spacial score (nSPS) is 22.4. The number of nitrogens with zero attached hydrogens (tertiary/aromatic N) is 3. The van der Waals surface area contributed by atoms with E-state index in [4.69, 9.17) is 0 Å². The number of amides is 1. The number of rotatable bonds is 5. The summed E-state index contributed by atoms with van der Waals surface area (Å²) >= 11 is 0. The summed E-state index contributed by atoms with van der Waals surface area (Å²) in [5, 5.41) is 1.36. The first-order valence-electron chi connectivity index (χ1n) is 11.4. The molecule has 3 aromatic rings. The Labute approximate surface area is 179 Å². The molecular weight excluding hydrogens is 370 g/mol. The second-order valence-corrected chi connectivity index (χ2v) is 8.88. The van der Waals surface area contributed by atoms with Crippen LogP contribution in [0.15, 0.2) is 60.8 Å². The highest BCUT2D eigenvalue weighted by Crippen LogP contribution is 2.33. The molecule has 1 amide bonds. The van der Waals surface area contributed by atoms with E-state index in [0.29, 0.717) is 24.3 Å². The van der Waals surface area contributed by atoms with Crippen LogP contribution in [0, 0.1) is 5.92 Å². The molecule has 2 atom stereocenters. The molecule has 2 saturated heterocycles. The topological polar surface area (TPSA) is 28.5 Å². The number of carbonyl (C=O) groups excluding carboxylic acids is 1. The SMILES string of the molecule is CCn1cc(CN2CC3CCCC(=O)N(Cc4ccccc4)C3C2)c2ccccc21. The fourth-order valence-corrected chi connectivity index (χ4v) is 5.49. The highest BCUT2D eigenvalue weighted by atomic mass is 16.2. The van der Waals surface area contributed by atoms with E-state index in [1.54, 1.807) is 0 Å². The maximum absolute atomic E-state index is 12.9. The molecule has 2 unspecified atom stereocenters. The van der Waals surface area contributed by atoms with Crippen LogP contribution in [0.3, 0.4) is 0 Å². The van der Waals surface area contributed by atoms with Crippen LogP contribution in [-0.4, -0.2) is 39.4 Å². The predicted molar refractivity (Wildman–Crippen MR) is 121 cm³/mol. The zero-order valence-corrected chi connectivity index (χ0v) is 17.8. The fraction of sp³-hybridized carbons (Fsp3) is 0.423. The number of hydrogen-bond donors (Lipinski definition) is 0. The third-order valence-electron chi connectivity index (χ3n) is 6.97. The van der Waals surface area contributed by atoms with E-state index in [9.17, 15) is 4.79 Å². The molecule has 2 fully saturated rings. The molecule has 0 spiro atoms. The lowest BCUT2D eigenvalue weighted by Gasteiger charge is -2.30. The van der Waals surface area contributed by atoms with E-state index in [1.807, 2.05) is 6.07 Å². The Kier molecular flexibility index (Phi) is 5.34. The summed E-state index contributed by atoms with van der Waals surface area (Å²) in [5.41, 5.74) is 3.96. The lowest BCUT2D eigenvalue weighted by atomic mass is 9.98. The smallest absolute Gasteiger partial charge is 0.223 e. The van der Waals surface area contributed by atoms with Gasteiger partial charge in [0.25, 0.3) is 0 Å². The number of benzene rings is 2. The van der Waals surface area contributed by atoms with Gasteiger partial charge in [0, 0.05) is 62.3 Å². The van der Waals surface area contributed by atoms with E-state index in [2.05, 4.69) is 76.0 Å². The number of aromatic nitrogens is 1. The van der Waals surface area contributed by atoms with E-state index >= 15 is 0 Å². The van der Waals surface area contributed by atoms with Gasteiger partial charge in [0.2, 0.25) is 5.91 Å². The first-order valence-corrected chi connectivity index (χ1v) is 11.4. The van der Waals surface area contributed by atoms with Crippen molar-refractivity contribution in [3.63, 3.8) is 0 Å². The van der Waals surface area contributed by atoms with Crippen molar-refractivity contribution in [2.24, 2.45) is 5.92 Å². The summed E-state index contributed by atoms with van der Waals surface area (Å²) in [7, 11) is 0. The van der Waals surface area contributed by atoms with Crippen molar-refractivity contribution < 1.29 is 4.79 Å². The van der Waals surface area contributed by atoms with E-state index in [0.717, 1.165) is 45.6 Å². The molecule has 0 radical (unpaired) electrons. The van der Waals surface area contributed by atoms with Gasteiger partial charge in [-0.1, -0.05) is 48.5 Å². The van der Waals surface area contributed by atoms with Gasteiger partial charge in [0.05, 0.1) is 0 Å². The second kappa shape index (κ2) is 8.27. The maximum atomic E-state index is 12.9. The molecule has 156 valence electrons. The largest absolute Gasteiger partial charge is 0.347 e. The monoisotopic (exact) mass is 401 g/mol. The first kappa shape index (κ1) is 19.4. The number of aryl methyl sites for hydroxylation is 1. The summed E-state index contributed by atoms with van der Waals surface area (Å²) in [6.45, 7) is 6.98. The van der Waals surface area contributed by atoms with Crippen molar-refractivity contribution in [2.45, 2.75) is 51.9 Å². The average Bonchev–Trinajstić information content (AvgIpc) is 3.30. The number of para-hydroxylation sites is 1. The van der Waals surface area contributed by atoms with Crippen molar-refractivity contribution in [3.05, 3.63) is 71.9 Å². The fourth-order valence-electron chi connectivity index (χ4n) is 5.49. The van der Waals surface area contributed by atoms with Crippen molar-refractivity contribution >= 4 is 16.8 Å². The van der Waals surface area contributed by atoms with Gasteiger partial charge in [-0.05, 0) is 42.9 Å². The summed E-state index contributed by atoms with van der Waals surface area (Å²) in [5.74, 6) is 0.912. The van der Waals surface area contributed by atoms with Gasteiger partial charge in [-0.2, -0.15) is 0 Å². The quantitative estimate of drug-likeness (QED) is 0.621. The molecule has 2 aliphatic rings. The predicted octanol–water partition coefficient (Wildman–Crippen LogP) is 4.67. The number of carbonyl (C=O) groups is 1. The van der Waals surface area contributed by atoms with Gasteiger partial charge < -0.3 is 9.47 Å². The molecular formula is C26H31N3O.